The Morgan fingerprint density at radius 1 is 1.19 bits per heavy atom. The van der Waals surface area contributed by atoms with Gasteiger partial charge < -0.3 is 15.4 Å². The Kier molecular flexibility index (Phi) is 10.2. The number of aliphatic imine (C=N–C) groups is 1. The summed E-state index contributed by atoms with van der Waals surface area (Å²) >= 11 is 0. The quantitative estimate of drug-likeness (QED) is 0.493. The summed E-state index contributed by atoms with van der Waals surface area (Å²) in [6.07, 6.45) is 0. The van der Waals surface area contributed by atoms with Gasteiger partial charge in [-0.3, -0.25) is 4.90 Å². The van der Waals surface area contributed by atoms with Crippen LogP contribution in [0.2, 0.25) is 0 Å². The molecule has 0 radical (unpaired) electrons. The van der Waals surface area contributed by atoms with Crippen molar-refractivity contribution in [2.75, 3.05) is 26.7 Å². The van der Waals surface area contributed by atoms with Crippen LogP contribution in [-0.2, 0) is 17.9 Å². The zero-order valence-electron chi connectivity index (χ0n) is 17.1. The van der Waals surface area contributed by atoms with Crippen LogP contribution in [0, 0.1) is 5.82 Å². The van der Waals surface area contributed by atoms with Crippen molar-refractivity contribution in [3.8, 4) is 0 Å². The van der Waals surface area contributed by atoms with Crippen LogP contribution in [-0.4, -0.2) is 49.7 Å². The van der Waals surface area contributed by atoms with E-state index in [0.717, 1.165) is 31.2 Å². The molecule has 148 valence electrons. The number of hydrogen-bond acceptors (Lipinski definition) is 3. The van der Waals surface area contributed by atoms with Gasteiger partial charge in [-0.2, -0.15) is 0 Å². The summed E-state index contributed by atoms with van der Waals surface area (Å²) in [6, 6.07) is 6.07. The Morgan fingerprint density at radius 3 is 2.46 bits per heavy atom. The molecule has 0 aliphatic carbocycles. The lowest BCUT2D eigenvalue weighted by molar-refractivity contribution is 0.178. The first-order valence-electron chi connectivity index (χ1n) is 9.43. The van der Waals surface area contributed by atoms with Crippen LogP contribution in [0.25, 0.3) is 0 Å². The molecule has 6 heteroatoms. The third-order valence-corrected chi connectivity index (χ3v) is 4.16. The van der Waals surface area contributed by atoms with Crippen molar-refractivity contribution < 1.29 is 9.13 Å². The van der Waals surface area contributed by atoms with Crippen molar-refractivity contribution in [1.29, 1.82) is 0 Å². The van der Waals surface area contributed by atoms with E-state index in [4.69, 9.17) is 4.74 Å². The summed E-state index contributed by atoms with van der Waals surface area (Å²) in [6.45, 7) is 14.2. The van der Waals surface area contributed by atoms with E-state index in [2.05, 4.69) is 48.2 Å². The van der Waals surface area contributed by atoms with Crippen LogP contribution in [0.1, 0.15) is 45.7 Å². The third kappa shape index (κ3) is 7.70. The Morgan fingerprint density at radius 2 is 1.88 bits per heavy atom. The van der Waals surface area contributed by atoms with Gasteiger partial charge in [-0.25, -0.2) is 9.38 Å². The Labute approximate surface area is 158 Å². The molecule has 0 saturated carbocycles. The van der Waals surface area contributed by atoms with Crippen LogP contribution in [0.15, 0.2) is 23.2 Å². The van der Waals surface area contributed by atoms with Crippen LogP contribution >= 0.6 is 0 Å². The molecular formula is C20H35FN4O. The standard InChI is InChI=1S/C20H35FN4O/c1-7-22-20(23-10-11-25(15(2)3)16(4)5)24-13-17-8-9-19(21)18(12-17)14-26-6/h8-9,12,15-16H,7,10-11,13-14H2,1-6H3,(H2,22,23,24). The molecule has 0 unspecified atom stereocenters. The van der Waals surface area contributed by atoms with Crippen molar-refractivity contribution in [3.05, 3.63) is 35.1 Å². The number of hydrogen-bond donors (Lipinski definition) is 2. The highest BCUT2D eigenvalue weighted by Gasteiger charge is 2.12. The van der Waals surface area contributed by atoms with Crippen molar-refractivity contribution in [3.63, 3.8) is 0 Å². The average molecular weight is 367 g/mol. The van der Waals surface area contributed by atoms with Crippen molar-refractivity contribution in [2.45, 2.75) is 59.9 Å². The topological polar surface area (TPSA) is 48.9 Å². The first-order chi connectivity index (χ1) is 12.4. The molecule has 0 atom stereocenters. The number of nitrogens with zero attached hydrogens (tertiary/aromatic N) is 2. The zero-order chi connectivity index (χ0) is 19.5. The molecule has 2 N–H and O–H groups in total. The van der Waals surface area contributed by atoms with Gasteiger partial charge in [0.1, 0.15) is 5.82 Å². The van der Waals surface area contributed by atoms with Crippen molar-refractivity contribution in [2.24, 2.45) is 4.99 Å². The molecule has 0 amide bonds. The number of guanidine groups is 1. The van der Waals surface area contributed by atoms with Gasteiger partial charge in [0.05, 0.1) is 13.2 Å². The Hall–Kier alpha value is -1.66. The minimum absolute atomic E-state index is 0.243. The number of nitrogens with one attached hydrogen (secondary N) is 2. The Balaban J connectivity index is 2.67. The second-order valence-corrected chi connectivity index (χ2v) is 6.91. The zero-order valence-corrected chi connectivity index (χ0v) is 17.1. The van der Waals surface area contributed by atoms with Gasteiger partial charge in [0, 0.05) is 44.4 Å². The number of halogens is 1. The molecule has 5 nitrogen and oxygen atoms in total. The van der Waals surface area contributed by atoms with E-state index in [1.165, 1.54) is 6.07 Å². The van der Waals surface area contributed by atoms with Gasteiger partial charge in [-0.1, -0.05) is 6.07 Å². The molecule has 26 heavy (non-hydrogen) atoms. The predicted octanol–water partition coefficient (Wildman–Crippen LogP) is 3.15. The van der Waals surface area contributed by atoms with Crippen LogP contribution in [0.3, 0.4) is 0 Å². The summed E-state index contributed by atoms with van der Waals surface area (Å²) < 4.78 is 18.7. The molecular weight excluding hydrogens is 331 g/mol. The fraction of sp³-hybridized carbons (Fsp3) is 0.650. The first-order valence-corrected chi connectivity index (χ1v) is 9.43. The molecule has 0 saturated heterocycles. The van der Waals surface area contributed by atoms with Crippen LogP contribution in [0.4, 0.5) is 4.39 Å². The van der Waals surface area contributed by atoms with E-state index in [1.54, 1.807) is 13.2 Å². The number of ether oxygens (including phenoxy) is 1. The highest BCUT2D eigenvalue weighted by atomic mass is 19.1. The van der Waals surface area contributed by atoms with E-state index < -0.39 is 0 Å². The lowest BCUT2D eigenvalue weighted by Gasteiger charge is -2.30. The molecule has 1 aromatic rings. The minimum atomic E-state index is -0.243. The second kappa shape index (κ2) is 11.9. The van der Waals surface area contributed by atoms with E-state index in [9.17, 15) is 4.39 Å². The summed E-state index contributed by atoms with van der Waals surface area (Å²) in [4.78, 5) is 7.05. The van der Waals surface area contributed by atoms with Gasteiger partial charge in [-0.15, -0.1) is 0 Å². The van der Waals surface area contributed by atoms with Gasteiger partial charge >= 0.3 is 0 Å². The smallest absolute Gasteiger partial charge is 0.191 e. The van der Waals surface area contributed by atoms with Crippen molar-refractivity contribution >= 4 is 5.96 Å². The maximum atomic E-state index is 13.7. The number of methoxy groups -OCH3 is 1. The molecule has 0 spiro atoms. The second-order valence-electron chi connectivity index (χ2n) is 6.91. The molecule has 0 aliphatic rings. The lowest BCUT2D eigenvalue weighted by Crippen LogP contribution is -2.45. The maximum absolute atomic E-state index is 13.7. The SMILES string of the molecule is CCNC(=NCc1ccc(F)c(COC)c1)NCCN(C(C)C)C(C)C. The third-order valence-electron chi connectivity index (χ3n) is 4.16. The largest absolute Gasteiger partial charge is 0.380 e. The highest BCUT2D eigenvalue weighted by molar-refractivity contribution is 5.79. The Bertz CT molecular complexity index is 553. The fourth-order valence-electron chi connectivity index (χ4n) is 2.92. The van der Waals surface area contributed by atoms with E-state index >= 15 is 0 Å². The van der Waals surface area contributed by atoms with Crippen LogP contribution in [0.5, 0.6) is 0 Å². The highest BCUT2D eigenvalue weighted by Crippen LogP contribution is 2.12. The van der Waals surface area contributed by atoms with Crippen molar-refractivity contribution in [1.82, 2.24) is 15.5 Å². The monoisotopic (exact) mass is 366 g/mol. The molecule has 0 bridgehead atoms. The van der Waals surface area contributed by atoms with E-state index in [-0.39, 0.29) is 12.4 Å². The summed E-state index contributed by atoms with van der Waals surface area (Å²) in [5.41, 5.74) is 1.52. The lowest BCUT2D eigenvalue weighted by atomic mass is 10.1. The number of rotatable bonds is 10. The molecule has 0 aliphatic heterocycles. The van der Waals surface area contributed by atoms with Gasteiger partial charge in [-0.05, 0) is 52.3 Å². The molecule has 0 aromatic heterocycles. The van der Waals surface area contributed by atoms with Crippen LogP contribution < -0.4 is 10.6 Å². The van der Waals surface area contributed by atoms with E-state index in [0.29, 0.717) is 24.2 Å². The normalized spacial score (nSPS) is 12.3. The summed E-state index contributed by atoms with van der Waals surface area (Å²) in [5.74, 6) is 0.532. The molecule has 1 rings (SSSR count). The average Bonchev–Trinajstić information content (AvgIpc) is 2.58. The maximum Gasteiger partial charge on any atom is 0.191 e. The van der Waals surface area contributed by atoms with Gasteiger partial charge in [0.25, 0.3) is 0 Å². The fourth-order valence-corrected chi connectivity index (χ4v) is 2.92. The molecule has 0 heterocycles. The first kappa shape index (κ1) is 22.4. The van der Waals surface area contributed by atoms with Gasteiger partial charge in [0.15, 0.2) is 5.96 Å². The van der Waals surface area contributed by atoms with Gasteiger partial charge in [0.2, 0.25) is 0 Å². The molecule has 0 fully saturated rings. The molecule has 1 aromatic carbocycles. The predicted molar refractivity (Wildman–Crippen MR) is 107 cm³/mol. The summed E-state index contributed by atoms with van der Waals surface area (Å²) in [5, 5.41) is 6.64. The van der Waals surface area contributed by atoms with E-state index in [1.807, 2.05) is 13.0 Å². The minimum Gasteiger partial charge on any atom is -0.380 e. The summed E-state index contributed by atoms with van der Waals surface area (Å²) in [7, 11) is 1.56. The number of benzene rings is 1.